The third-order valence-corrected chi connectivity index (χ3v) is 4.99. The van der Waals surface area contributed by atoms with Gasteiger partial charge in [-0.05, 0) is 18.2 Å². The van der Waals surface area contributed by atoms with Crippen molar-refractivity contribution < 1.29 is 14.3 Å². The highest BCUT2D eigenvalue weighted by atomic mass is 35.5. The van der Waals surface area contributed by atoms with Crippen molar-refractivity contribution in [2.45, 2.75) is 0 Å². The summed E-state index contributed by atoms with van der Waals surface area (Å²) in [5.41, 5.74) is 2.08. The molecule has 0 spiro atoms. The van der Waals surface area contributed by atoms with E-state index in [1.807, 2.05) is 23.1 Å². The Balaban J connectivity index is 1.67. The number of hydrogen-bond donors (Lipinski definition) is 2. The molecule has 2 heterocycles. The number of H-pyrrole nitrogens is 1. The van der Waals surface area contributed by atoms with Gasteiger partial charge in [0, 0.05) is 34.6 Å². The van der Waals surface area contributed by atoms with Gasteiger partial charge in [0.25, 0.3) is 0 Å². The van der Waals surface area contributed by atoms with Crippen LogP contribution in [0.5, 0.6) is 0 Å². The van der Waals surface area contributed by atoms with Crippen molar-refractivity contribution >= 4 is 39.9 Å². The molecule has 0 atom stereocenters. The van der Waals surface area contributed by atoms with Crippen LogP contribution in [0.4, 0.5) is 5.69 Å². The first-order valence-corrected chi connectivity index (χ1v) is 9.50. The highest BCUT2D eigenvalue weighted by Gasteiger charge is 2.22. The molecule has 1 aliphatic heterocycles. The largest absolute Gasteiger partial charge is 0.379 e. The number of aromatic amines is 1. The van der Waals surface area contributed by atoms with Crippen molar-refractivity contribution in [3.8, 4) is 0 Å². The summed E-state index contributed by atoms with van der Waals surface area (Å²) >= 11 is 6.10. The van der Waals surface area contributed by atoms with Crippen LogP contribution < -0.4 is 5.32 Å². The standard InChI is InChI=1S/C21H20ClN3O3/c22-15-6-7-16-17(12-15)23-20(21(27)14-4-2-1-3-5-14)19(16)24-18(26)13-25-8-10-28-11-9-25/h1-7,12,23H,8-11,13H2,(H,24,26). The molecule has 1 aliphatic rings. The van der Waals surface area contributed by atoms with Crippen LogP contribution in [-0.4, -0.2) is 54.4 Å². The molecule has 0 aliphatic carbocycles. The van der Waals surface area contributed by atoms with Gasteiger partial charge in [0.1, 0.15) is 5.69 Å². The first-order chi connectivity index (χ1) is 13.6. The molecule has 4 rings (SSSR count). The van der Waals surface area contributed by atoms with E-state index >= 15 is 0 Å². The lowest BCUT2D eigenvalue weighted by atomic mass is 10.1. The van der Waals surface area contributed by atoms with Crippen LogP contribution in [0.25, 0.3) is 10.9 Å². The van der Waals surface area contributed by atoms with E-state index in [1.165, 1.54) is 0 Å². The number of anilines is 1. The van der Waals surface area contributed by atoms with Gasteiger partial charge in [-0.3, -0.25) is 14.5 Å². The van der Waals surface area contributed by atoms with E-state index in [2.05, 4.69) is 10.3 Å². The van der Waals surface area contributed by atoms with Gasteiger partial charge in [-0.2, -0.15) is 0 Å². The van der Waals surface area contributed by atoms with Crippen LogP contribution in [0.15, 0.2) is 48.5 Å². The molecule has 1 amide bonds. The van der Waals surface area contributed by atoms with Crippen LogP contribution in [0.1, 0.15) is 16.1 Å². The van der Waals surface area contributed by atoms with E-state index < -0.39 is 0 Å². The molecule has 6 nitrogen and oxygen atoms in total. The molecule has 0 bridgehead atoms. The van der Waals surface area contributed by atoms with E-state index in [4.69, 9.17) is 16.3 Å². The number of ether oxygens (including phenoxy) is 1. The summed E-state index contributed by atoms with van der Waals surface area (Å²) in [6.07, 6.45) is 0. The molecular formula is C21H20ClN3O3. The van der Waals surface area contributed by atoms with Gasteiger partial charge in [0.05, 0.1) is 25.4 Å². The van der Waals surface area contributed by atoms with E-state index in [0.29, 0.717) is 53.8 Å². The number of rotatable bonds is 5. The molecule has 1 fully saturated rings. The topological polar surface area (TPSA) is 74.4 Å². The average molecular weight is 398 g/mol. The van der Waals surface area contributed by atoms with Crippen molar-refractivity contribution in [3.05, 3.63) is 64.8 Å². The van der Waals surface area contributed by atoms with Gasteiger partial charge in [0.2, 0.25) is 11.7 Å². The Kier molecular flexibility index (Phi) is 5.43. The fourth-order valence-corrected chi connectivity index (χ4v) is 3.52. The minimum Gasteiger partial charge on any atom is -0.379 e. The third kappa shape index (κ3) is 3.94. The lowest BCUT2D eigenvalue weighted by Crippen LogP contribution is -2.41. The molecule has 1 saturated heterocycles. The van der Waals surface area contributed by atoms with Gasteiger partial charge >= 0.3 is 0 Å². The van der Waals surface area contributed by atoms with Crippen molar-refractivity contribution in [2.24, 2.45) is 0 Å². The number of ketones is 1. The monoisotopic (exact) mass is 397 g/mol. The number of carbonyl (C=O) groups excluding carboxylic acids is 2. The Bertz CT molecular complexity index is 1010. The summed E-state index contributed by atoms with van der Waals surface area (Å²) in [5, 5.41) is 4.24. The van der Waals surface area contributed by atoms with Crippen LogP contribution in [0.3, 0.4) is 0 Å². The number of aromatic nitrogens is 1. The zero-order valence-electron chi connectivity index (χ0n) is 15.2. The van der Waals surface area contributed by atoms with Crippen LogP contribution in [0, 0.1) is 0 Å². The van der Waals surface area contributed by atoms with Crippen molar-refractivity contribution in [2.75, 3.05) is 38.2 Å². The summed E-state index contributed by atoms with van der Waals surface area (Å²) in [6.45, 7) is 2.93. The minimum absolute atomic E-state index is 0.167. The molecule has 7 heteroatoms. The van der Waals surface area contributed by atoms with Crippen molar-refractivity contribution in [1.82, 2.24) is 9.88 Å². The maximum atomic E-state index is 13.1. The quantitative estimate of drug-likeness (QED) is 0.648. The van der Waals surface area contributed by atoms with E-state index in [1.54, 1.807) is 30.3 Å². The van der Waals surface area contributed by atoms with Crippen molar-refractivity contribution in [3.63, 3.8) is 0 Å². The summed E-state index contributed by atoms with van der Waals surface area (Å²) in [4.78, 5) is 30.9. The maximum Gasteiger partial charge on any atom is 0.238 e. The fraction of sp³-hybridized carbons (Fsp3) is 0.238. The molecular weight excluding hydrogens is 378 g/mol. The number of carbonyl (C=O) groups is 2. The first kappa shape index (κ1) is 18.7. The normalized spacial score (nSPS) is 14.9. The zero-order valence-corrected chi connectivity index (χ0v) is 16.0. The summed E-state index contributed by atoms with van der Waals surface area (Å²) < 4.78 is 5.32. The Morgan fingerprint density at radius 1 is 1.11 bits per heavy atom. The molecule has 1 aromatic heterocycles. The highest BCUT2D eigenvalue weighted by Crippen LogP contribution is 2.31. The molecule has 0 radical (unpaired) electrons. The number of amides is 1. The molecule has 2 N–H and O–H groups in total. The third-order valence-electron chi connectivity index (χ3n) is 4.76. The number of hydrogen-bond acceptors (Lipinski definition) is 4. The van der Waals surface area contributed by atoms with Gasteiger partial charge < -0.3 is 15.0 Å². The summed E-state index contributed by atoms with van der Waals surface area (Å²) in [7, 11) is 0. The Morgan fingerprint density at radius 2 is 1.86 bits per heavy atom. The number of fused-ring (bicyclic) bond motifs is 1. The lowest BCUT2D eigenvalue weighted by molar-refractivity contribution is -0.118. The molecule has 0 saturated carbocycles. The highest BCUT2D eigenvalue weighted by molar-refractivity contribution is 6.31. The van der Waals surface area contributed by atoms with Crippen LogP contribution in [0.2, 0.25) is 5.02 Å². The lowest BCUT2D eigenvalue weighted by Gasteiger charge is -2.25. The summed E-state index contributed by atoms with van der Waals surface area (Å²) in [6, 6.07) is 14.3. The second-order valence-electron chi connectivity index (χ2n) is 6.70. The van der Waals surface area contributed by atoms with E-state index in [9.17, 15) is 9.59 Å². The maximum absolute atomic E-state index is 13.1. The summed E-state index contributed by atoms with van der Waals surface area (Å²) in [5.74, 6) is -0.352. The first-order valence-electron chi connectivity index (χ1n) is 9.13. The number of nitrogens with zero attached hydrogens (tertiary/aromatic N) is 1. The fourth-order valence-electron chi connectivity index (χ4n) is 3.35. The van der Waals surface area contributed by atoms with Gasteiger partial charge in [0.15, 0.2) is 0 Å². The predicted octanol–water partition coefficient (Wildman–Crippen LogP) is 3.32. The van der Waals surface area contributed by atoms with Crippen molar-refractivity contribution in [1.29, 1.82) is 0 Å². The molecule has 2 aromatic carbocycles. The van der Waals surface area contributed by atoms with E-state index in [0.717, 1.165) is 5.39 Å². The Hall–Kier alpha value is -2.67. The minimum atomic E-state index is -0.186. The number of benzene rings is 2. The smallest absolute Gasteiger partial charge is 0.238 e. The van der Waals surface area contributed by atoms with Crippen LogP contribution in [-0.2, 0) is 9.53 Å². The average Bonchev–Trinajstić information content (AvgIpc) is 3.06. The Labute approximate surface area is 167 Å². The van der Waals surface area contributed by atoms with Crippen LogP contribution >= 0.6 is 11.6 Å². The molecule has 3 aromatic rings. The molecule has 144 valence electrons. The van der Waals surface area contributed by atoms with Gasteiger partial charge in [-0.15, -0.1) is 0 Å². The van der Waals surface area contributed by atoms with E-state index in [-0.39, 0.29) is 18.2 Å². The van der Waals surface area contributed by atoms with Gasteiger partial charge in [-0.25, -0.2) is 0 Å². The SMILES string of the molecule is O=C(CN1CCOCC1)Nc1c(C(=O)c2ccccc2)[nH]c2cc(Cl)ccc12. The molecule has 0 unspecified atom stereocenters. The Morgan fingerprint density at radius 3 is 2.61 bits per heavy atom. The number of halogens is 1. The second kappa shape index (κ2) is 8.14. The second-order valence-corrected chi connectivity index (χ2v) is 7.13. The molecule has 28 heavy (non-hydrogen) atoms. The number of nitrogens with one attached hydrogen (secondary N) is 2. The van der Waals surface area contributed by atoms with Gasteiger partial charge in [-0.1, -0.05) is 41.9 Å². The zero-order chi connectivity index (χ0) is 19.5. The predicted molar refractivity (Wildman–Crippen MR) is 109 cm³/mol. The number of morpholine rings is 1.